The van der Waals surface area contributed by atoms with Crippen LogP contribution in [0.2, 0.25) is 0 Å². The molecular weight excluding hydrogens is 358 g/mol. The molecule has 1 heterocycles. The van der Waals surface area contributed by atoms with E-state index >= 15 is 0 Å². The highest BCUT2D eigenvalue weighted by atomic mass is 32.2. The van der Waals surface area contributed by atoms with E-state index in [1.807, 2.05) is 23.1 Å². The zero-order chi connectivity index (χ0) is 19.3. The summed E-state index contributed by atoms with van der Waals surface area (Å²) >= 11 is 0. The van der Waals surface area contributed by atoms with Crippen molar-refractivity contribution in [3.63, 3.8) is 0 Å². The van der Waals surface area contributed by atoms with Gasteiger partial charge in [0.25, 0.3) is 5.91 Å². The van der Waals surface area contributed by atoms with Crippen molar-refractivity contribution >= 4 is 15.7 Å². The minimum absolute atomic E-state index is 0.0168. The molecule has 1 aliphatic heterocycles. The smallest absolute Gasteiger partial charge is 0.254 e. The van der Waals surface area contributed by atoms with E-state index in [2.05, 4.69) is 12.1 Å². The van der Waals surface area contributed by atoms with E-state index in [1.54, 1.807) is 24.3 Å². The molecule has 5 heteroatoms. The second-order valence-electron chi connectivity index (χ2n) is 7.44. The first-order chi connectivity index (χ1) is 12.9. The maximum absolute atomic E-state index is 13.1. The lowest BCUT2D eigenvalue weighted by atomic mass is 9.95. The van der Waals surface area contributed by atoms with Crippen molar-refractivity contribution in [1.29, 1.82) is 0 Å². The molecule has 0 aromatic heterocycles. The van der Waals surface area contributed by atoms with Crippen molar-refractivity contribution in [3.8, 4) is 0 Å². The average Bonchev–Trinajstić information content (AvgIpc) is 2.66. The Hall–Kier alpha value is -2.14. The Morgan fingerprint density at radius 2 is 1.78 bits per heavy atom. The quantitative estimate of drug-likeness (QED) is 0.759. The van der Waals surface area contributed by atoms with Gasteiger partial charge in [0, 0.05) is 24.4 Å². The maximum atomic E-state index is 13.1. The molecule has 1 atom stereocenters. The third-order valence-electron chi connectivity index (χ3n) is 5.10. The van der Waals surface area contributed by atoms with Gasteiger partial charge >= 0.3 is 0 Å². The van der Waals surface area contributed by atoms with Gasteiger partial charge in [0.15, 0.2) is 9.84 Å². The van der Waals surface area contributed by atoms with Crippen molar-refractivity contribution in [2.45, 2.75) is 43.9 Å². The van der Waals surface area contributed by atoms with Gasteiger partial charge in [0.2, 0.25) is 0 Å². The van der Waals surface area contributed by atoms with Crippen LogP contribution in [0.15, 0.2) is 54.6 Å². The Bertz CT molecular complexity index is 877. The standard InChI is InChI=1S/C22H27NO3S/c1-27(25,26)17-19-10-7-11-20(16-19)22(24)23-15-6-5-12-21(23)14-13-18-8-3-2-4-9-18/h2-4,7-11,16,21H,5-6,12-15,17H2,1H3/t21-/m0/s1. The molecule has 2 aromatic rings. The predicted molar refractivity (Wildman–Crippen MR) is 108 cm³/mol. The molecule has 1 saturated heterocycles. The topological polar surface area (TPSA) is 54.5 Å². The van der Waals surface area contributed by atoms with Crippen LogP contribution in [0.3, 0.4) is 0 Å². The maximum Gasteiger partial charge on any atom is 0.254 e. The molecule has 27 heavy (non-hydrogen) atoms. The molecule has 0 N–H and O–H groups in total. The second kappa shape index (κ2) is 8.70. The van der Waals surface area contributed by atoms with Crippen LogP contribution >= 0.6 is 0 Å². The highest BCUT2D eigenvalue weighted by molar-refractivity contribution is 7.89. The predicted octanol–water partition coefficient (Wildman–Crippen LogP) is 3.86. The Morgan fingerprint density at radius 3 is 2.52 bits per heavy atom. The molecule has 144 valence electrons. The van der Waals surface area contributed by atoms with Crippen LogP contribution in [0.1, 0.15) is 47.2 Å². The van der Waals surface area contributed by atoms with Gasteiger partial charge in [-0.1, -0.05) is 42.5 Å². The first kappa shape index (κ1) is 19.6. The summed E-state index contributed by atoms with van der Waals surface area (Å²) in [5, 5.41) is 0. The van der Waals surface area contributed by atoms with E-state index in [9.17, 15) is 13.2 Å². The number of sulfone groups is 1. The SMILES string of the molecule is CS(=O)(=O)Cc1cccc(C(=O)N2CCCC[C@H]2CCc2ccccc2)c1. The zero-order valence-electron chi connectivity index (χ0n) is 15.8. The third-order valence-corrected chi connectivity index (χ3v) is 5.96. The lowest BCUT2D eigenvalue weighted by Gasteiger charge is -2.36. The van der Waals surface area contributed by atoms with Gasteiger partial charge in [0.1, 0.15) is 0 Å². The molecule has 4 nitrogen and oxygen atoms in total. The van der Waals surface area contributed by atoms with Gasteiger partial charge < -0.3 is 4.90 Å². The first-order valence-corrected chi connectivity index (χ1v) is 11.6. The summed E-state index contributed by atoms with van der Waals surface area (Å²) in [4.78, 5) is 15.1. The number of hydrogen-bond donors (Lipinski definition) is 0. The van der Waals surface area contributed by atoms with Gasteiger partial charge in [0.05, 0.1) is 5.75 Å². The fourth-order valence-electron chi connectivity index (χ4n) is 3.81. The lowest BCUT2D eigenvalue weighted by molar-refractivity contribution is 0.0602. The Kier molecular flexibility index (Phi) is 6.32. The van der Waals surface area contributed by atoms with Gasteiger partial charge in [-0.2, -0.15) is 0 Å². The van der Waals surface area contributed by atoms with E-state index in [4.69, 9.17) is 0 Å². The molecule has 1 amide bonds. The van der Waals surface area contributed by atoms with E-state index in [0.29, 0.717) is 11.1 Å². The molecule has 0 spiro atoms. The molecule has 0 radical (unpaired) electrons. The number of benzene rings is 2. The number of piperidine rings is 1. The van der Waals surface area contributed by atoms with Crippen molar-refractivity contribution in [1.82, 2.24) is 4.90 Å². The average molecular weight is 386 g/mol. The van der Waals surface area contributed by atoms with Crippen LogP contribution in [0.4, 0.5) is 0 Å². The monoisotopic (exact) mass is 385 g/mol. The van der Waals surface area contributed by atoms with Gasteiger partial charge in [-0.15, -0.1) is 0 Å². The van der Waals surface area contributed by atoms with Crippen LogP contribution in [0.25, 0.3) is 0 Å². The lowest BCUT2D eigenvalue weighted by Crippen LogP contribution is -2.44. The summed E-state index contributed by atoms with van der Waals surface area (Å²) in [6.07, 6.45) is 6.34. The minimum atomic E-state index is -3.12. The number of amides is 1. The first-order valence-electron chi connectivity index (χ1n) is 9.54. The van der Waals surface area contributed by atoms with Gasteiger partial charge in [-0.3, -0.25) is 4.79 Å². The molecule has 1 fully saturated rings. The van der Waals surface area contributed by atoms with Crippen LogP contribution in [0, 0.1) is 0 Å². The summed E-state index contributed by atoms with van der Waals surface area (Å²) in [6, 6.07) is 17.7. The summed E-state index contributed by atoms with van der Waals surface area (Å²) < 4.78 is 23.1. The third kappa shape index (κ3) is 5.67. The summed E-state index contributed by atoms with van der Waals surface area (Å²) in [5.41, 5.74) is 2.55. The van der Waals surface area contributed by atoms with E-state index in [0.717, 1.165) is 38.6 Å². The summed E-state index contributed by atoms with van der Waals surface area (Å²) in [7, 11) is -3.12. The normalized spacial score (nSPS) is 17.7. The molecule has 0 aliphatic carbocycles. The molecule has 0 unspecified atom stereocenters. The number of rotatable bonds is 6. The highest BCUT2D eigenvalue weighted by Gasteiger charge is 2.27. The fourth-order valence-corrected chi connectivity index (χ4v) is 4.59. The molecule has 1 aliphatic rings. The molecule has 0 bridgehead atoms. The molecule has 0 saturated carbocycles. The molecular formula is C22H27NO3S. The van der Waals surface area contributed by atoms with E-state index in [1.165, 1.54) is 11.8 Å². The number of aryl methyl sites for hydroxylation is 1. The van der Waals surface area contributed by atoms with Crippen molar-refractivity contribution in [2.24, 2.45) is 0 Å². The van der Waals surface area contributed by atoms with E-state index < -0.39 is 9.84 Å². The number of carbonyl (C=O) groups is 1. The Morgan fingerprint density at radius 1 is 1.04 bits per heavy atom. The molecule has 3 rings (SSSR count). The van der Waals surface area contributed by atoms with Crippen molar-refractivity contribution in [2.75, 3.05) is 12.8 Å². The van der Waals surface area contributed by atoms with E-state index in [-0.39, 0.29) is 17.7 Å². The zero-order valence-corrected chi connectivity index (χ0v) is 16.6. The van der Waals surface area contributed by atoms with Crippen LogP contribution < -0.4 is 0 Å². The van der Waals surface area contributed by atoms with Gasteiger partial charge in [-0.05, 0) is 55.4 Å². The highest BCUT2D eigenvalue weighted by Crippen LogP contribution is 2.24. The number of carbonyl (C=O) groups excluding carboxylic acids is 1. The van der Waals surface area contributed by atoms with Crippen molar-refractivity contribution < 1.29 is 13.2 Å². The summed E-state index contributed by atoms with van der Waals surface area (Å²) in [5.74, 6) is -0.0194. The van der Waals surface area contributed by atoms with Crippen LogP contribution in [0.5, 0.6) is 0 Å². The Balaban J connectivity index is 1.72. The minimum Gasteiger partial charge on any atom is -0.336 e. The number of hydrogen-bond acceptors (Lipinski definition) is 3. The van der Waals surface area contributed by atoms with Crippen LogP contribution in [-0.2, 0) is 22.0 Å². The Labute approximate surface area is 162 Å². The number of likely N-dealkylation sites (tertiary alicyclic amines) is 1. The largest absolute Gasteiger partial charge is 0.336 e. The van der Waals surface area contributed by atoms with Crippen molar-refractivity contribution in [3.05, 3.63) is 71.3 Å². The molecule has 2 aromatic carbocycles. The second-order valence-corrected chi connectivity index (χ2v) is 9.58. The number of nitrogens with zero attached hydrogens (tertiary/aromatic N) is 1. The summed E-state index contributed by atoms with van der Waals surface area (Å²) in [6.45, 7) is 0.772. The fraction of sp³-hybridized carbons (Fsp3) is 0.409. The van der Waals surface area contributed by atoms with Crippen LogP contribution in [-0.4, -0.2) is 38.1 Å². The van der Waals surface area contributed by atoms with Gasteiger partial charge in [-0.25, -0.2) is 8.42 Å².